The number of carbonyl (C=O) groups excluding carboxylic acids is 2. The monoisotopic (exact) mass is 365 g/mol. The van der Waals surface area contributed by atoms with Crippen LogP contribution in [0, 0.1) is 5.92 Å². The van der Waals surface area contributed by atoms with Gasteiger partial charge in [-0.25, -0.2) is 4.79 Å². The first-order chi connectivity index (χ1) is 12.2. The molecule has 2 amide bonds. The fourth-order valence-electron chi connectivity index (χ4n) is 2.96. The van der Waals surface area contributed by atoms with Crippen molar-refractivity contribution < 1.29 is 27.9 Å². The van der Waals surface area contributed by atoms with E-state index < -0.39 is 35.7 Å². The number of pyridine rings is 1. The molecule has 0 bridgehead atoms. The Bertz CT molecular complexity index is 814. The third kappa shape index (κ3) is 3.01. The molecule has 0 radical (unpaired) electrons. The van der Waals surface area contributed by atoms with Crippen molar-refractivity contribution in [3.63, 3.8) is 0 Å². The first kappa shape index (κ1) is 17.9. The third-order valence-corrected chi connectivity index (χ3v) is 4.19. The number of amides is 2. The summed E-state index contributed by atoms with van der Waals surface area (Å²) >= 11 is 0. The molecule has 3 atom stereocenters. The van der Waals surface area contributed by atoms with Gasteiger partial charge in [-0.1, -0.05) is 36.4 Å². The van der Waals surface area contributed by atoms with E-state index in [-0.39, 0.29) is 11.1 Å². The van der Waals surface area contributed by atoms with Gasteiger partial charge in [-0.2, -0.15) is 13.2 Å². The zero-order valence-electron chi connectivity index (χ0n) is 13.2. The van der Waals surface area contributed by atoms with Crippen LogP contribution in [0.25, 0.3) is 0 Å². The van der Waals surface area contributed by atoms with Gasteiger partial charge in [0, 0.05) is 18.0 Å². The number of halogens is 3. The van der Waals surface area contributed by atoms with E-state index in [9.17, 15) is 27.9 Å². The van der Waals surface area contributed by atoms with Crippen molar-refractivity contribution in [1.29, 1.82) is 0 Å². The van der Waals surface area contributed by atoms with Gasteiger partial charge in [-0.05, 0) is 11.6 Å². The molecule has 0 spiro atoms. The van der Waals surface area contributed by atoms with Crippen LogP contribution >= 0.6 is 0 Å². The van der Waals surface area contributed by atoms with Crippen molar-refractivity contribution in [2.75, 3.05) is 0 Å². The van der Waals surface area contributed by atoms with Crippen LogP contribution in [0.3, 0.4) is 0 Å². The van der Waals surface area contributed by atoms with E-state index in [0.717, 1.165) is 0 Å². The summed E-state index contributed by atoms with van der Waals surface area (Å²) in [4.78, 5) is 28.5. The zero-order valence-corrected chi connectivity index (χ0v) is 13.2. The molecule has 9 heteroatoms. The standard InChI is InChI=1S/C17H14F3N3O3/c18-17(19,20)16(26)12(14(24)10-5-2-1-3-6-10)13(22-15(25)23-16)11-7-4-8-21-9-11/h1-9,12-13,26H,(H2,22,23,25). The maximum atomic E-state index is 13.7. The Hall–Kier alpha value is -2.94. The van der Waals surface area contributed by atoms with Crippen LogP contribution in [0.2, 0.25) is 0 Å². The highest BCUT2D eigenvalue weighted by Crippen LogP contribution is 2.43. The van der Waals surface area contributed by atoms with E-state index in [2.05, 4.69) is 10.3 Å². The third-order valence-electron chi connectivity index (χ3n) is 4.19. The number of alkyl halides is 3. The van der Waals surface area contributed by atoms with Crippen molar-refractivity contribution in [3.8, 4) is 0 Å². The van der Waals surface area contributed by atoms with Crippen LogP contribution in [-0.2, 0) is 0 Å². The Morgan fingerprint density at radius 3 is 2.42 bits per heavy atom. The average molecular weight is 365 g/mol. The number of aromatic nitrogens is 1. The predicted octanol–water partition coefficient (Wildman–Crippen LogP) is 2.19. The molecule has 1 aliphatic rings. The lowest BCUT2D eigenvalue weighted by Crippen LogP contribution is -2.72. The highest BCUT2D eigenvalue weighted by Gasteiger charge is 2.66. The Morgan fingerprint density at radius 1 is 1.15 bits per heavy atom. The van der Waals surface area contributed by atoms with Gasteiger partial charge in [0.15, 0.2) is 5.78 Å². The first-order valence-electron chi connectivity index (χ1n) is 7.61. The number of carbonyl (C=O) groups is 2. The molecule has 1 saturated heterocycles. The molecule has 3 N–H and O–H groups in total. The van der Waals surface area contributed by atoms with Crippen molar-refractivity contribution >= 4 is 11.8 Å². The minimum atomic E-state index is -5.28. The zero-order chi connectivity index (χ0) is 18.9. The maximum absolute atomic E-state index is 13.7. The number of rotatable bonds is 3. The lowest BCUT2D eigenvalue weighted by Gasteiger charge is -2.44. The highest BCUT2D eigenvalue weighted by molar-refractivity contribution is 6.00. The van der Waals surface area contributed by atoms with Gasteiger partial charge < -0.3 is 15.7 Å². The number of aliphatic hydroxyl groups is 1. The number of hydrogen-bond acceptors (Lipinski definition) is 4. The van der Waals surface area contributed by atoms with Gasteiger partial charge in [0.1, 0.15) is 5.92 Å². The molecule has 0 saturated carbocycles. The summed E-state index contributed by atoms with van der Waals surface area (Å²) in [6.07, 6.45) is -2.64. The first-order valence-corrected chi connectivity index (χ1v) is 7.61. The van der Waals surface area contributed by atoms with Gasteiger partial charge in [0.05, 0.1) is 6.04 Å². The molecule has 2 heterocycles. The van der Waals surface area contributed by atoms with E-state index in [0.29, 0.717) is 0 Å². The normalized spacial score (nSPS) is 25.9. The molecule has 1 aromatic heterocycles. The molecule has 3 unspecified atom stereocenters. The summed E-state index contributed by atoms with van der Waals surface area (Å²) in [6, 6.07) is 7.50. The SMILES string of the molecule is O=C1NC(c2cccnc2)C(C(=O)c2ccccc2)C(O)(C(F)(F)F)N1. The number of Topliss-reactive ketones (excluding diaryl/α,β-unsaturated/α-hetero) is 1. The molecule has 26 heavy (non-hydrogen) atoms. The van der Waals surface area contributed by atoms with Crippen LogP contribution in [0.4, 0.5) is 18.0 Å². The van der Waals surface area contributed by atoms with Crippen LogP contribution < -0.4 is 10.6 Å². The van der Waals surface area contributed by atoms with Crippen molar-refractivity contribution in [2.45, 2.75) is 17.9 Å². The second-order valence-electron chi connectivity index (χ2n) is 5.83. The Kier molecular flexibility index (Phi) is 4.41. The molecular formula is C17H14F3N3O3. The van der Waals surface area contributed by atoms with Crippen molar-refractivity contribution in [2.24, 2.45) is 5.92 Å². The molecular weight excluding hydrogens is 351 g/mol. The maximum Gasteiger partial charge on any atom is 0.437 e. The van der Waals surface area contributed by atoms with Crippen molar-refractivity contribution in [3.05, 3.63) is 66.0 Å². The molecule has 3 rings (SSSR count). The number of nitrogens with zero attached hydrogens (tertiary/aromatic N) is 1. The van der Waals surface area contributed by atoms with Crippen LogP contribution in [0.5, 0.6) is 0 Å². The largest absolute Gasteiger partial charge is 0.437 e. The number of hydrogen-bond donors (Lipinski definition) is 3. The number of nitrogens with one attached hydrogen (secondary N) is 2. The van der Waals surface area contributed by atoms with Gasteiger partial charge >= 0.3 is 12.2 Å². The van der Waals surface area contributed by atoms with E-state index >= 15 is 0 Å². The van der Waals surface area contributed by atoms with Gasteiger partial charge in [-0.15, -0.1) is 0 Å². The smallest absolute Gasteiger partial charge is 0.363 e. The summed E-state index contributed by atoms with van der Waals surface area (Å²) in [5, 5.41) is 14.1. The summed E-state index contributed by atoms with van der Waals surface area (Å²) in [5.74, 6) is -3.02. The number of benzene rings is 1. The minimum Gasteiger partial charge on any atom is -0.363 e. The topological polar surface area (TPSA) is 91.3 Å². The molecule has 1 aliphatic heterocycles. The Balaban J connectivity index is 2.15. The predicted molar refractivity (Wildman–Crippen MR) is 83.9 cm³/mol. The average Bonchev–Trinajstić information content (AvgIpc) is 2.61. The van der Waals surface area contributed by atoms with E-state index in [1.165, 1.54) is 54.1 Å². The van der Waals surface area contributed by atoms with Gasteiger partial charge in [0.2, 0.25) is 5.72 Å². The Morgan fingerprint density at radius 2 is 1.85 bits per heavy atom. The lowest BCUT2D eigenvalue weighted by molar-refractivity contribution is -0.287. The van der Waals surface area contributed by atoms with E-state index in [1.807, 2.05) is 0 Å². The molecule has 1 fully saturated rings. The molecule has 6 nitrogen and oxygen atoms in total. The fourth-order valence-corrected chi connectivity index (χ4v) is 2.96. The molecule has 0 aliphatic carbocycles. The summed E-state index contributed by atoms with van der Waals surface area (Å²) < 4.78 is 41.0. The molecule has 1 aromatic carbocycles. The van der Waals surface area contributed by atoms with Crippen LogP contribution in [0.1, 0.15) is 22.0 Å². The minimum absolute atomic E-state index is 0.0213. The van der Waals surface area contributed by atoms with Crippen LogP contribution in [-0.4, -0.2) is 33.8 Å². The van der Waals surface area contributed by atoms with Gasteiger partial charge in [0.25, 0.3) is 0 Å². The Labute approximate surface area is 146 Å². The quantitative estimate of drug-likeness (QED) is 0.727. The van der Waals surface area contributed by atoms with Crippen molar-refractivity contribution in [1.82, 2.24) is 15.6 Å². The van der Waals surface area contributed by atoms with E-state index in [1.54, 1.807) is 6.07 Å². The lowest BCUT2D eigenvalue weighted by atomic mass is 9.77. The number of urea groups is 1. The molecule has 2 aromatic rings. The second-order valence-corrected chi connectivity index (χ2v) is 5.83. The molecule has 136 valence electrons. The fraction of sp³-hybridized carbons (Fsp3) is 0.235. The summed E-state index contributed by atoms with van der Waals surface area (Å²) in [7, 11) is 0. The summed E-state index contributed by atoms with van der Waals surface area (Å²) in [6.45, 7) is 0. The summed E-state index contributed by atoms with van der Waals surface area (Å²) in [5.41, 5.74) is -3.59. The highest BCUT2D eigenvalue weighted by atomic mass is 19.4. The van der Waals surface area contributed by atoms with E-state index in [4.69, 9.17) is 0 Å². The van der Waals surface area contributed by atoms with Gasteiger partial charge in [-0.3, -0.25) is 9.78 Å². The number of ketones is 1. The van der Waals surface area contributed by atoms with Crippen LogP contribution in [0.15, 0.2) is 54.9 Å². The second kappa shape index (κ2) is 6.41.